The molecule has 0 amide bonds. The Bertz CT molecular complexity index is 669. The number of anilines is 2. The molecule has 0 aliphatic carbocycles. The quantitative estimate of drug-likeness (QED) is 0.850. The molecule has 2 rings (SSSR count). The minimum Gasteiger partial charge on any atom is -0.497 e. The normalized spacial score (nSPS) is 10.4. The van der Waals surface area contributed by atoms with Crippen LogP contribution in [0.25, 0.3) is 0 Å². The van der Waals surface area contributed by atoms with Crippen molar-refractivity contribution in [1.29, 1.82) is 0 Å². The van der Waals surface area contributed by atoms with Crippen molar-refractivity contribution in [1.82, 2.24) is 9.78 Å². The van der Waals surface area contributed by atoms with Gasteiger partial charge in [0.05, 0.1) is 29.1 Å². The lowest BCUT2D eigenvalue weighted by atomic mass is 10.2. The number of hydrogen-bond donors (Lipinski definition) is 2. The van der Waals surface area contributed by atoms with Gasteiger partial charge in [0, 0.05) is 13.1 Å². The SMILES string of the molecule is COc1ccc(Cl)c(Nc2c(C(N)=S)c(C)nn2C)c1. The summed E-state index contributed by atoms with van der Waals surface area (Å²) in [6.45, 7) is 1.85. The molecule has 1 aromatic carbocycles. The monoisotopic (exact) mass is 310 g/mol. The number of benzene rings is 1. The van der Waals surface area contributed by atoms with Gasteiger partial charge in [-0.2, -0.15) is 5.10 Å². The number of methoxy groups -OCH3 is 1. The molecule has 1 heterocycles. The van der Waals surface area contributed by atoms with E-state index in [9.17, 15) is 0 Å². The predicted octanol–water partition coefficient (Wildman–Crippen LogP) is 2.77. The number of ether oxygens (including phenoxy) is 1. The van der Waals surface area contributed by atoms with E-state index in [0.29, 0.717) is 27.8 Å². The van der Waals surface area contributed by atoms with E-state index in [2.05, 4.69) is 10.4 Å². The third-order valence-corrected chi connectivity index (χ3v) is 3.43. The standard InChI is InChI=1S/C13H15ClN4OS/c1-7-11(12(15)20)13(18(2)17-7)16-10-6-8(19-3)4-5-9(10)14/h4-6,16H,1-3H3,(H2,15,20). The summed E-state index contributed by atoms with van der Waals surface area (Å²) in [6, 6.07) is 5.34. The van der Waals surface area contributed by atoms with E-state index in [1.807, 2.05) is 14.0 Å². The van der Waals surface area contributed by atoms with Gasteiger partial charge in [-0.05, 0) is 19.1 Å². The third-order valence-electron chi connectivity index (χ3n) is 2.90. The van der Waals surface area contributed by atoms with Gasteiger partial charge in [-0.15, -0.1) is 0 Å². The molecule has 0 radical (unpaired) electrons. The number of hydrogen-bond acceptors (Lipinski definition) is 4. The fourth-order valence-electron chi connectivity index (χ4n) is 1.95. The lowest BCUT2D eigenvalue weighted by molar-refractivity contribution is 0.415. The Balaban J connectivity index is 2.47. The summed E-state index contributed by atoms with van der Waals surface area (Å²) in [4.78, 5) is 0.289. The Kier molecular flexibility index (Phi) is 4.15. The van der Waals surface area contributed by atoms with Crippen molar-refractivity contribution in [3.05, 3.63) is 34.5 Å². The van der Waals surface area contributed by atoms with Crippen LogP contribution in [0, 0.1) is 6.92 Å². The van der Waals surface area contributed by atoms with E-state index in [0.717, 1.165) is 5.69 Å². The number of nitrogens with two attached hydrogens (primary N) is 1. The molecule has 7 heteroatoms. The Morgan fingerprint density at radius 3 is 2.80 bits per heavy atom. The molecule has 0 spiro atoms. The van der Waals surface area contributed by atoms with Crippen LogP contribution in [0.1, 0.15) is 11.3 Å². The molecule has 0 saturated heterocycles. The topological polar surface area (TPSA) is 65.1 Å². The average molecular weight is 311 g/mol. The van der Waals surface area contributed by atoms with Crippen LogP contribution in [0.3, 0.4) is 0 Å². The Morgan fingerprint density at radius 2 is 2.20 bits per heavy atom. The molecule has 0 bridgehead atoms. The molecule has 20 heavy (non-hydrogen) atoms. The maximum Gasteiger partial charge on any atom is 0.138 e. The summed E-state index contributed by atoms with van der Waals surface area (Å²) >= 11 is 11.3. The van der Waals surface area contributed by atoms with Crippen LogP contribution < -0.4 is 15.8 Å². The van der Waals surface area contributed by atoms with Gasteiger partial charge in [-0.25, -0.2) is 0 Å². The van der Waals surface area contributed by atoms with Gasteiger partial charge in [0.1, 0.15) is 16.6 Å². The van der Waals surface area contributed by atoms with Crippen molar-refractivity contribution in [3.8, 4) is 5.75 Å². The van der Waals surface area contributed by atoms with Gasteiger partial charge in [-0.3, -0.25) is 4.68 Å². The van der Waals surface area contributed by atoms with E-state index in [1.165, 1.54) is 0 Å². The predicted molar refractivity (Wildman–Crippen MR) is 85.1 cm³/mol. The summed E-state index contributed by atoms with van der Waals surface area (Å²) < 4.78 is 6.87. The van der Waals surface area contributed by atoms with Crippen LogP contribution in [-0.4, -0.2) is 21.9 Å². The zero-order chi connectivity index (χ0) is 14.9. The van der Waals surface area contributed by atoms with Crippen LogP contribution in [0.2, 0.25) is 5.02 Å². The van der Waals surface area contributed by atoms with E-state index >= 15 is 0 Å². The van der Waals surface area contributed by atoms with Gasteiger partial charge in [-0.1, -0.05) is 23.8 Å². The van der Waals surface area contributed by atoms with Crippen molar-refractivity contribution >= 4 is 40.3 Å². The third kappa shape index (κ3) is 2.71. The van der Waals surface area contributed by atoms with Gasteiger partial charge in [0.15, 0.2) is 0 Å². The lowest BCUT2D eigenvalue weighted by Gasteiger charge is -2.12. The Labute approximate surface area is 127 Å². The molecule has 1 aromatic heterocycles. The van der Waals surface area contributed by atoms with Crippen molar-refractivity contribution in [2.75, 3.05) is 12.4 Å². The van der Waals surface area contributed by atoms with Gasteiger partial charge >= 0.3 is 0 Å². The van der Waals surface area contributed by atoms with Crippen molar-refractivity contribution in [3.63, 3.8) is 0 Å². The first-order valence-electron chi connectivity index (χ1n) is 5.88. The van der Waals surface area contributed by atoms with E-state index < -0.39 is 0 Å². The minimum absolute atomic E-state index is 0.289. The highest BCUT2D eigenvalue weighted by atomic mass is 35.5. The zero-order valence-electron chi connectivity index (χ0n) is 11.4. The molecule has 2 aromatic rings. The summed E-state index contributed by atoms with van der Waals surface area (Å²) in [5.74, 6) is 1.40. The molecule has 3 N–H and O–H groups in total. The second-order valence-electron chi connectivity index (χ2n) is 4.27. The Morgan fingerprint density at radius 1 is 1.50 bits per heavy atom. The molecular weight excluding hydrogens is 296 g/mol. The van der Waals surface area contributed by atoms with Crippen LogP contribution in [-0.2, 0) is 7.05 Å². The number of aryl methyl sites for hydroxylation is 2. The Hall–Kier alpha value is -1.79. The van der Waals surface area contributed by atoms with Gasteiger partial charge in [0.25, 0.3) is 0 Å². The molecule has 0 aliphatic rings. The maximum atomic E-state index is 6.18. The number of nitrogens with zero attached hydrogens (tertiary/aromatic N) is 2. The van der Waals surface area contributed by atoms with Crippen LogP contribution in [0.15, 0.2) is 18.2 Å². The second kappa shape index (κ2) is 5.68. The largest absolute Gasteiger partial charge is 0.497 e. The van der Waals surface area contributed by atoms with E-state index in [-0.39, 0.29) is 4.99 Å². The summed E-state index contributed by atoms with van der Waals surface area (Å²) in [5.41, 5.74) is 7.93. The minimum atomic E-state index is 0.289. The smallest absolute Gasteiger partial charge is 0.138 e. The number of rotatable bonds is 4. The highest BCUT2D eigenvalue weighted by Gasteiger charge is 2.16. The molecule has 106 valence electrons. The molecule has 5 nitrogen and oxygen atoms in total. The summed E-state index contributed by atoms with van der Waals surface area (Å²) in [7, 11) is 3.41. The van der Waals surface area contributed by atoms with E-state index in [1.54, 1.807) is 30.0 Å². The van der Waals surface area contributed by atoms with Crippen LogP contribution >= 0.6 is 23.8 Å². The molecule has 0 aliphatic heterocycles. The number of aromatic nitrogens is 2. The number of nitrogens with one attached hydrogen (secondary N) is 1. The molecule has 0 saturated carbocycles. The van der Waals surface area contributed by atoms with E-state index in [4.69, 9.17) is 34.3 Å². The second-order valence-corrected chi connectivity index (χ2v) is 5.11. The lowest BCUT2D eigenvalue weighted by Crippen LogP contribution is -2.13. The fourth-order valence-corrected chi connectivity index (χ4v) is 2.36. The number of thiocarbonyl (C=S) groups is 1. The van der Waals surface area contributed by atoms with Crippen molar-refractivity contribution in [2.45, 2.75) is 6.92 Å². The molecular formula is C13H15ClN4OS. The van der Waals surface area contributed by atoms with Crippen molar-refractivity contribution in [2.24, 2.45) is 12.8 Å². The van der Waals surface area contributed by atoms with Crippen LogP contribution in [0.4, 0.5) is 11.5 Å². The average Bonchev–Trinajstić information content (AvgIpc) is 2.66. The molecule has 0 unspecified atom stereocenters. The van der Waals surface area contributed by atoms with Gasteiger partial charge in [0.2, 0.25) is 0 Å². The summed E-state index contributed by atoms with van der Waals surface area (Å²) in [6.07, 6.45) is 0. The summed E-state index contributed by atoms with van der Waals surface area (Å²) in [5, 5.41) is 8.09. The first-order chi connectivity index (χ1) is 9.43. The van der Waals surface area contributed by atoms with Gasteiger partial charge < -0.3 is 15.8 Å². The van der Waals surface area contributed by atoms with Crippen LogP contribution in [0.5, 0.6) is 5.75 Å². The maximum absolute atomic E-state index is 6.18. The zero-order valence-corrected chi connectivity index (χ0v) is 13.0. The van der Waals surface area contributed by atoms with Crippen molar-refractivity contribution < 1.29 is 4.74 Å². The first kappa shape index (κ1) is 14.6. The fraction of sp³-hybridized carbons (Fsp3) is 0.231. The highest BCUT2D eigenvalue weighted by molar-refractivity contribution is 7.80. The molecule has 0 fully saturated rings. The first-order valence-corrected chi connectivity index (χ1v) is 6.66. The molecule has 0 atom stereocenters. The number of halogens is 1. The highest BCUT2D eigenvalue weighted by Crippen LogP contribution is 2.31.